The van der Waals surface area contributed by atoms with Crippen molar-refractivity contribution in [3.05, 3.63) is 59.4 Å². The summed E-state index contributed by atoms with van der Waals surface area (Å²) in [5.74, 6) is 0.637. The molecule has 3 aromatic rings. The van der Waals surface area contributed by atoms with Crippen LogP contribution in [0.1, 0.15) is 5.82 Å². The second-order valence-electron chi connectivity index (χ2n) is 5.33. The fourth-order valence-corrected chi connectivity index (χ4v) is 2.90. The minimum Gasteiger partial charge on any atom is -0.437 e. The third kappa shape index (κ3) is 2.78. The molecule has 126 valence electrons. The molecule has 0 spiro atoms. The first-order valence-electron chi connectivity index (χ1n) is 7.50. The molecule has 0 saturated heterocycles. The molecular weight excluding hydrogens is 344 g/mol. The molecule has 25 heavy (non-hydrogen) atoms. The number of fused-ring (bicyclic) bond motifs is 3. The van der Waals surface area contributed by atoms with Crippen molar-refractivity contribution in [3.63, 3.8) is 0 Å². The van der Waals surface area contributed by atoms with E-state index in [1.165, 1.54) is 7.11 Å². The average molecular weight is 357 g/mol. The molecule has 0 radical (unpaired) electrons. The van der Waals surface area contributed by atoms with Crippen molar-refractivity contribution in [1.29, 1.82) is 0 Å². The van der Waals surface area contributed by atoms with Crippen LogP contribution < -0.4 is 9.64 Å². The number of carbonyl (C=O) groups excluding carboxylic acids is 1. The first-order valence-corrected chi connectivity index (χ1v) is 7.88. The van der Waals surface area contributed by atoms with Crippen LogP contribution in [-0.2, 0) is 11.3 Å². The molecule has 0 saturated carbocycles. The third-order valence-corrected chi connectivity index (χ3v) is 4.05. The van der Waals surface area contributed by atoms with Gasteiger partial charge in [-0.15, -0.1) is 5.10 Å². The Bertz CT molecular complexity index is 942. The molecule has 1 aromatic heterocycles. The van der Waals surface area contributed by atoms with Crippen molar-refractivity contribution in [3.8, 4) is 11.7 Å². The van der Waals surface area contributed by atoms with Crippen LogP contribution in [0.4, 0.5) is 16.2 Å². The van der Waals surface area contributed by atoms with Crippen LogP contribution in [0.5, 0.6) is 6.01 Å². The van der Waals surface area contributed by atoms with Crippen molar-refractivity contribution in [2.24, 2.45) is 0 Å². The van der Waals surface area contributed by atoms with Crippen LogP contribution in [0, 0.1) is 0 Å². The summed E-state index contributed by atoms with van der Waals surface area (Å²) in [4.78, 5) is 17.7. The number of aromatic nitrogens is 3. The molecule has 0 N–H and O–H groups in total. The molecule has 0 unspecified atom stereocenters. The maximum Gasteiger partial charge on any atom is 0.516 e. The zero-order chi connectivity index (χ0) is 17.4. The van der Waals surface area contributed by atoms with Gasteiger partial charge in [-0.1, -0.05) is 29.8 Å². The van der Waals surface area contributed by atoms with E-state index < -0.39 is 6.16 Å². The molecule has 7 nitrogen and oxygen atoms in total. The van der Waals surface area contributed by atoms with Crippen LogP contribution in [0.2, 0.25) is 5.02 Å². The van der Waals surface area contributed by atoms with Crippen molar-refractivity contribution in [2.75, 3.05) is 12.0 Å². The number of methoxy groups -OCH3 is 1. The Balaban J connectivity index is 1.82. The van der Waals surface area contributed by atoms with Gasteiger partial charge in [0.25, 0.3) is 0 Å². The van der Waals surface area contributed by atoms with Gasteiger partial charge in [0.2, 0.25) is 0 Å². The van der Waals surface area contributed by atoms with Gasteiger partial charge in [0.15, 0.2) is 5.82 Å². The Morgan fingerprint density at radius 3 is 2.72 bits per heavy atom. The highest BCUT2D eigenvalue weighted by molar-refractivity contribution is 6.31. The van der Waals surface area contributed by atoms with Crippen molar-refractivity contribution in [2.45, 2.75) is 6.54 Å². The smallest absolute Gasteiger partial charge is 0.437 e. The maximum absolute atomic E-state index is 11.3. The predicted molar refractivity (Wildman–Crippen MR) is 91.7 cm³/mol. The first kappa shape index (κ1) is 15.5. The Labute approximate surface area is 148 Å². The number of halogens is 1. The van der Waals surface area contributed by atoms with E-state index in [1.54, 1.807) is 10.7 Å². The molecule has 0 aliphatic carbocycles. The predicted octanol–water partition coefficient (Wildman–Crippen LogP) is 3.72. The topological polar surface area (TPSA) is 69.5 Å². The highest BCUT2D eigenvalue weighted by Crippen LogP contribution is 2.38. The number of benzene rings is 2. The number of rotatable bonds is 2. The molecule has 4 rings (SSSR count). The molecule has 0 bridgehead atoms. The molecule has 0 atom stereocenters. The van der Waals surface area contributed by atoms with Crippen LogP contribution in [0.25, 0.3) is 5.69 Å². The van der Waals surface area contributed by atoms with Gasteiger partial charge in [0.05, 0.1) is 25.0 Å². The summed E-state index contributed by atoms with van der Waals surface area (Å²) in [6.07, 6.45) is -0.862. The number of anilines is 2. The molecule has 0 fully saturated rings. The highest BCUT2D eigenvalue weighted by Gasteiger charge is 2.27. The van der Waals surface area contributed by atoms with Crippen LogP contribution in [0.3, 0.4) is 0 Å². The van der Waals surface area contributed by atoms with Gasteiger partial charge in [0, 0.05) is 10.7 Å². The van der Waals surface area contributed by atoms with Gasteiger partial charge in [-0.05, 0) is 30.3 Å². The van der Waals surface area contributed by atoms with Gasteiger partial charge in [-0.2, -0.15) is 4.98 Å². The van der Waals surface area contributed by atoms with E-state index >= 15 is 0 Å². The normalized spacial score (nSPS) is 12.3. The van der Waals surface area contributed by atoms with E-state index in [9.17, 15) is 4.79 Å². The van der Waals surface area contributed by atoms with Crippen molar-refractivity contribution < 1.29 is 14.3 Å². The standard InChI is InChI=1S/C17H13ClN4O3/c1-24-17(23)25-16-19-15-10-21(12-5-3-2-4-6-12)14-9-11(18)7-8-13(14)22(15)20-16/h2-9H,10H2,1H3. The number of nitrogens with zero attached hydrogens (tertiary/aromatic N) is 4. The molecule has 1 aliphatic heterocycles. The number of para-hydroxylation sites is 1. The van der Waals surface area contributed by atoms with Crippen molar-refractivity contribution >= 4 is 29.1 Å². The van der Waals surface area contributed by atoms with Gasteiger partial charge in [-0.25, -0.2) is 9.48 Å². The fraction of sp³-hybridized carbons (Fsp3) is 0.118. The number of hydrogen-bond acceptors (Lipinski definition) is 6. The largest absolute Gasteiger partial charge is 0.516 e. The number of hydrogen-bond donors (Lipinski definition) is 0. The lowest BCUT2D eigenvalue weighted by molar-refractivity contribution is 0.118. The zero-order valence-corrected chi connectivity index (χ0v) is 14.0. The minimum atomic E-state index is -0.862. The van der Waals surface area contributed by atoms with Crippen molar-refractivity contribution in [1.82, 2.24) is 14.8 Å². The summed E-state index contributed by atoms with van der Waals surface area (Å²) in [5, 5.41) is 4.87. The van der Waals surface area contributed by atoms with Gasteiger partial charge >= 0.3 is 12.2 Å². The van der Waals surface area contributed by atoms with Crippen LogP contribution >= 0.6 is 11.6 Å². The summed E-state index contributed by atoms with van der Waals surface area (Å²) < 4.78 is 11.1. The number of ether oxygens (including phenoxy) is 2. The van der Waals surface area contributed by atoms with Gasteiger partial charge < -0.3 is 14.4 Å². The molecule has 2 aromatic carbocycles. The third-order valence-electron chi connectivity index (χ3n) is 3.82. The summed E-state index contributed by atoms with van der Waals surface area (Å²) in [6, 6.07) is 15.3. The van der Waals surface area contributed by atoms with Crippen LogP contribution in [-0.4, -0.2) is 28.0 Å². The lowest BCUT2D eigenvalue weighted by Gasteiger charge is -2.30. The van der Waals surface area contributed by atoms with Crippen LogP contribution in [0.15, 0.2) is 48.5 Å². The summed E-state index contributed by atoms with van der Waals surface area (Å²) in [5.41, 5.74) is 2.68. The van der Waals surface area contributed by atoms with E-state index in [-0.39, 0.29) is 6.01 Å². The molecular formula is C17H13ClN4O3. The zero-order valence-electron chi connectivity index (χ0n) is 13.2. The fourth-order valence-electron chi connectivity index (χ4n) is 2.73. The molecule has 2 heterocycles. The lowest BCUT2D eigenvalue weighted by Crippen LogP contribution is -2.26. The highest BCUT2D eigenvalue weighted by atomic mass is 35.5. The average Bonchev–Trinajstić information content (AvgIpc) is 3.03. The molecule has 1 aliphatic rings. The second kappa shape index (κ2) is 6.10. The quantitative estimate of drug-likeness (QED) is 0.652. The Morgan fingerprint density at radius 1 is 1.16 bits per heavy atom. The Hall–Kier alpha value is -3.06. The summed E-state index contributed by atoms with van der Waals surface area (Å²) in [7, 11) is 1.23. The molecule has 0 amide bonds. The summed E-state index contributed by atoms with van der Waals surface area (Å²) >= 11 is 6.19. The van der Waals surface area contributed by atoms with Gasteiger partial charge in [-0.3, -0.25) is 0 Å². The first-order chi connectivity index (χ1) is 12.2. The van der Waals surface area contributed by atoms with E-state index in [4.69, 9.17) is 16.3 Å². The summed E-state index contributed by atoms with van der Waals surface area (Å²) in [6.45, 7) is 0.453. The molecule has 8 heteroatoms. The number of carbonyl (C=O) groups is 1. The SMILES string of the molecule is COC(=O)Oc1nc2n(n1)-c1ccc(Cl)cc1N(c1ccccc1)C2. The van der Waals surface area contributed by atoms with E-state index in [1.807, 2.05) is 42.5 Å². The minimum absolute atomic E-state index is 0.0577. The van der Waals surface area contributed by atoms with Gasteiger partial charge in [0.1, 0.15) is 0 Å². The second-order valence-corrected chi connectivity index (χ2v) is 5.77. The van der Waals surface area contributed by atoms with E-state index in [0.29, 0.717) is 17.4 Å². The van der Waals surface area contributed by atoms with E-state index in [0.717, 1.165) is 17.1 Å². The van der Waals surface area contributed by atoms with E-state index in [2.05, 4.69) is 19.7 Å². The maximum atomic E-state index is 11.3. The Morgan fingerprint density at radius 2 is 1.96 bits per heavy atom. The lowest BCUT2D eigenvalue weighted by atomic mass is 10.1. The Kier molecular flexibility index (Phi) is 3.77. The monoisotopic (exact) mass is 356 g/mol.